The van der Waals surface area contributed by atoms with Crippen LogP contribution >= 0.6 is 12.2 Å². The van der Waals surface area contributed by atoms with Crippen LogP contribution in [0.1, 0.15) is 5.56 Å². The molecule has 1 aromatic heterocycles. The number of hydrogen-bond donors (Lipinski definition) is 1. The minimum atomic E-state index is 0.375. The van der Waals surface area contributed by atoms with Crippen LogP contribution in [-0.2, 0) is 0 Å². The van der Waals surface area contributed by atoms with Crippen LogP contribution in [-0.4, -0.2) is 9.97 Å². The maximum absolute atomic E-state index is 5.45. The van der Waals surface area contributed by atoms with Gasteiger partial charge < -0.3 is 10.2 Å². The van der Waals surface area contributed by atoms with Crippen molar-refractivity contribution in [1.29, 1.82) is 0 Å². The highest BCUT2D eigenvalue weighted by molar-refractivity contribution is 7.80. The first-order valence-corrected chi connectivity index (χ1v) is 3.81. The monoisotopic (exact) mass is 178 g/mol. The Labute approximate surface area is 74.2 Å². The van der Waals surface area contributed by atoms with Gasteiger partial charge in [-0.05, 0) is 18.2 Å². The van der Waals surface area contributed by atoms with Crippen molar-refractivity contribution in [2.24, 2.45) is 5.73 Å². The smallest absolute Gasteiger partial charge is 0.181 e. The molecule has 0 atom stereocenters. The van der Waals surface area contributed by atoms with Crippen LogP contribution in [0.25, 0.3) is 11.1 Å². The number of aromatic nitrogens is 1. The highest BCUT2D eigenvalue weighted by Gasteiger charge is 2.00. The number of nitrogens with two attached hydrogens (primary N) is 1. The van der Waals surface area contributed by atoms with E-state index in [0.717, 1.165) is 16.7 Å². The summed E-state index contributed by atoms with van der Waals surface area (Å²) in [6.07, 6.45) is 1.40. The van der Waals surface area contributed by atoms with Crippen LogP contribution in [0.3, 0.4) is 0 Å². The van der Waals surface area contributed by atoms with Gasteiger partial charge in [0.05, 0.1) is 0 Å². The fourth-order valence-electron chi connectivity index (χ4n) is 1.01. The van der Waals surface area contributed by atoms with E-state index in [1.807, 2.05) is 6.07 Å². The summed E-state index contributed by atoms with van der Waals surface area (Å²) in [6, 6.07) is 5.42. The molecule has 0 spiro atoms. The summed E-state index contributed by atoms with van der Waals surface area (Å²) >= 11 is 4.82. The molecule has 1 aromatic carbocycles. The standard InChI is InChI=1S/C8H6N2OS/c9-8(12)5-1-2-7-6(3-5)10-4-11-7/h1-4H,(H2,9,12). The SMILES string of the molecule is NC(=S)c1ccc2ocnc2c1. The van der Waals surface area contributed by atoms with Crippen LogP contribution in [0, 0.1) is 0 Å². The summed E-state index contributed by atoms with van der Waals surface area (Å²) in [5.74, 6) is 0. The molecule has 0 amide bonds. The Bertz CT molecular complexity index is 435. The van der Waals surface area contributed by atoms with E-state index in [1.54, 1.807) is 12.1 Å². The third kappa shape index (κ3) is 1.06. The molecule has 3 nitrogen and oxygen atoms in total. The third-order valence-corrected chi connectivity index (χ3v) is 1.85. The molecular formula is C8H6N2OS. The van der Waals surface area contributed by atoms with E-state index < -0.39 is 0 Å². The van der Waals surface area contributed by atoms with Gasteiger partial charge >= 0.3 is 0 Å². The lowest BCUT2D eigenvalue weighted by molar-refractivity contribution is 0.602. The Morgan fingerprint density at radius 2 is 2.33 bits per heavy atom. The fraction of sp³-hybridized carbons (Fsp3) is 0. The molecular weight excluding hydrogens is 172 g/mol. The van der Waals surface area contributed by atoms with Crippen molar-refractivity contribution in [3.8, 4) is 0 Å². The minimum Gasteiger partial charge on any atom is -0.443 e. The number of hydrogen-bond acceptors (Lipinski definition) is 3. The molecule has 0 radical (unpaired) electrons. The van der Waals surface area contributed by atoms with Crippen molar-refractivity contribution < 1.29 is 4.42 Å². The zero-order chi connectivity index (χ0) is 8.55. The van der Waals surface area contributed by atoms with Gasteiger partial charge in [-0.1, -0.05) is 12.2 Å². The van der Waals surface area contributed by atoms with Crippen LogP contribution in [0.4, 0.5) is 0 Å². The maximum atomic E-state index is 5.45. The van der Waals surface area contributed by atoms with Gasteiger partial charge in [-0.2, -0.15) is 0 Å². The molecule has 2 rings (SSSR count). The van der Waals surface area contributed by atoms with Gasteiger partial charge in [0.2, 0.25) is 0 Å². The lowest BCUT2D eigenvalue weighted by Gasteiger charge is -1.94. The first-order chi connectivity index (χ1) is 5.77. The molecule has 0 aliphatic carbocycles. The molecule has 12 heavy (non-hydrogen) atoms. The topological polar surface area (TPSA) is 52.0 Å². The van der Waals surface area contributed by atoms with E-state index >= 15 is 0 Å². The first kappa shape index (κ1) is 7.24. The minimum absolute atomic E-state index is 0.375. The van der Waals surface area contributed by atoms with Gasteiger partial charge in [0, 0.05) is 5.56 Å². The molecule has 0 unspecified atom stereocenters. The lowest BCUT2D eigenvalue weighted by Crippen LogP contribution is -2.08. The van der Waals surface area contributed by atoms with Crippen LogP contribution < -0.4 is 5.73 Å². The average molecular weight is 178 g/mol. The predicted octanol–water partition coefficient (Wildman–Crippen LogP) is 1.46. The Kier molecular flexibility index (Phi) is 1.55. The second kappa shape index (κ2) is 2.57. The Morgan fingerprint density at radius 3 is 3.08 bits per heavy atom. The van der Waals surface area contributed by atoms with Gasteiger partial charge in [-0.25, -0.2) is 4.98 Å². The highest BCUT2D eigenvalue weighted by Crippen LogP contribution is 2.13. The van der Waals surface area contributed by atoms with Crippen molar-refractivity contribution in [3.63, 3.8) is 0 Å². The molecule has 2 aromatic rings. The Balaban J connectivity index is 2.68. The molecule has 60 valence electrons. The first-order valence-electron chi connectivity index (χ1n) is 3.40. The van der Waals surface area contributed by atoms with Crippen molar-refractivity contribution in [2.45, 2.75) is 0 Å². The van der Waals surface area contributed by atoms with Crippen LogP contribution in [0.5, 0.6) is 0 Å². The number of fused-ring (bicyclic) bond motifs is 1. The van der Waals surface area contributed by atoms with Crippen molar-refractivity contribution in [1.82, 2.24) is 4.98 Å². The Morgan fingerprint density at radius 1 is 1.50 bits per heavy atom. The molecule has 0 bridgehead atoms. The van der Waals surface area contributed by atoms with E-state index in [1.165, 1.54) is 6.39 Å². The van der Waals surface area contributed by atoms with E-state index in [9.17, 15) is 0 Å². The summed E-state index contributed by atoms with van der Waals surface area (Å²) in [6.45, 7) is 0. The van der Waals surface area contributed by atoms with Crippen molar-refractivity contribution in [2.75, 3.05) is 0 Å². The summed E-state index contributed by atoms with van der Waals surface area (Å²) in [5, 5.41) is 0. The molecule has 0 saturated heterocycles. The van der Waals surface area contributed by atoms with Gasteiger partial charge in [0.25, 0.3) is 0 Å². The normalized spacial score (nSPS) is 10.3. The van der Waals surface area contributed by atoms with E-state index in [-0.39, 0.29) is 0 Å². The zero-order valence-corrected chi connectivity index (χ0v) is 6.97. The second-order valence-electron chi connectivity index (χ2n) is 2.40. The lowest BCUT2D eigenvalue weighted by atomic mass is 10.2. The van der Waals surface area contributed by atoms with Crippen LogP contribution in [0.15, 0.2) is 29.0 Å². The summed E-state index contributed by atoms with van der Waals surface area (Å²) in [4.78, 5) is 4.35. The maximum Gasteiger partial charge on any atom is 0.181 e. The average Bonchev–Trinajstić information content (AvgIpc) is 2.49. The van der Waals surface area contributed by atoms with Crippen molar-refractivity contribution >= 4 is 28.3 Å². The van der Waals surface area contributed by atoms with Gasteiger partial charge in [0.1, 0.15) is 10.5 Å². The number of rotatable bonds is 1. The summed E-state index contributed by atoms with van der Waals surface area (Å²) < 4.78 is 5.06. The number of nitrogens with zero attached hydrogens (tertiary/aromatic N) is 1. The van der Waals surface area contributed by atoms with Gasteiger partial charge in [0.15, 0.2) is 12.0 Å². The largest absolute Gasteiger partial charge is 0.443 e. The van der Waals surface area contributed by atoms with E-state index in [0.29, 0.717) is 4.99 Å². The molecule has 0 fully saturated rings. The van der Waals surface area contributed by atoms with Gasteiger partial charge in [-0.15, -0.1) is 0 Å². The molecule has 0 aliphatic heterocycles. The quantitative estimate of drug-likeness (QED) is 0.672. The van der Waals surface area contributed by atoms with Gasteiger partial charge in [-0.3, -0.25) is 0 Å². The summed E-state index contributed by atoms with van der Waals surface area (Å²) in [7, 11) is 0. The molecule has 0 saturated carbocycles. The molecule has 4 heteroatoms. The van der Waals surface area contributed by atoms with E-state index in [4.69, 9.17) is 22.4 Å². The van der Waals surface area contributed by atoms with Crippen molar-refractivity contribution in [3.05, 3.63) is 30.2 Å². The molecule has 0 aliphatic rings. The summed E-state index contributed by atoms with van der Waals surface area (Å²) in [5.41, 5.74) is 7.78. The fourth-order valence-corrected chi connectivity index (χ4v) is 1.14. The predicted molar refractivity (Wildman–Crippen MR) is 49.9 cm³/mol. The number of benzene rings is 1. The number of oxazole rings is 1. The van der Waals surface area contributed by atoms with E-state index in [2.05, 4.69) is 4.98 Å². The molecule has 1 heterocycles. The Hall–Kier alpha value is -1.42. The third-order valence-electron chi connectivity index (χ3n) is 1.61. The molecule has 2 N–H and O–H groups in total. The highest BCUT2D eigenvalue weighted by atomic mass is 32.1. The zero-order valence-electron chi connectivity index (χ0n) is 6.15. The second-order valence-corrected chi connectivity index (χ2v) is 2.84. The number of thiocarbonyl (C=S) groups is 1. The van der Waals surface area contributed by atoms with Crippen LogP contribution in [0.2, 0.25) is 0 Å².